The van der Waals surface area contributed by atoms with Crippen molar-refractivity contribution in [2.45, 2.75) is 78.5 Å². The van der Waals surface area contributed by atoms with Crippen molar-refractivity contribution in [3.8, 4) is 11.4 Å². The van der Waals surface area contributed by atoms with Crippen molar-refractivity contribution in [2.75, 3.05) is 5.32 Å². The molecule has 3 rings (SSSR count). The fraction of sp³-hybridized carbons (Fsp3) is 0.571. The summed E-state index contributed by atoms with van der Waals surface area (Å²) in [4.78, 5) is 16.8. The Hall–Kier alpha value is -2.39. The van der Waals surface area contributed by atoms with E-state index < -0.39 is 20.0 Å². The molecule has 2 heterocycles. The lowest BCUT2D eigenvalue weighted by atomic mass is 10.2. The number of ether oxygens (including phenoxy) is 2. The Morgan fingerprint density at radius 2 is 1.93 bits per heavy atom. The van der Waals surface area contributed by atoms with Gasteiger partial charge in [0.25, 0.3) is 0 Å². The topological polar surface area (TPSA) is 87.5 Å². The number of carbonyl (C=O) groups is 1. The first kappa shape index (κ1) is 22.3. The SMILES string of the molecule is CC(C)(C)OC(=O)Nc1cccc2c1OCc1nc(CO[Si](C)(C)C(C)(C)C)nn1-2. The van der Waals surface area contributed by atoms with Crippen LogP contribution >= 0.6 is 0 Å². The molecule has 0 radical (unpaired) electrons. The number of nitrogens with zero attached hydrogens (tertiary/aromatic N) is 3. The molecule has 1 aromatic heterocycles. The van der Waals surface area contributed by atoms with Crippen LogP contribution in [0.15, 0.2) is 18.2 Å². The van der Waals surface area contributed by atoms with Gasteiger partial charge in [-0.15, -0.1) is 5.10 Å². The maximum Gasteiger partial charge on any atom is 0.412 e. The Bertz CT molecular complexity index is 941. The number of hydrogen-bond acceptors (Lipinski definition) is 6. The second-order valence-corrected chi connectivity index (χ2v) is 14.8. The van der Waals surface area contributed by atoms with Gasteiger partial charge in [0.1, 0.15) is 17.9 Å². The van der Waals surface area contributed by atoms with E-state index >= 15 is 0 Å². The van der Waals surface area contributed by atoms with E-state index in [0.29, 0.717) is 29.7 Å². The highest BCUT2D eigenvalue weighted by Gasteiger charge is 2.37. The van der Waals surface area contributed by atoms with Crippen molar-refractivity contribution in [3.05, 3.63) is 29.8 Å². The Balaban J connectivity index is 1.81. The molecule has 0 saturated heterocycles. The molecule has 0 unspecified atom stereocenters. The maximum atomic E-state index is 12.2. The Labute approximate surface area is 179 Å². The lowest BCUT2D eigenvalue weighted by Gasteiger charge is -2.35. The van der Waals surface area contributed by atoms with Crippen molar-refractivity contribution in [2.24, 2.45) is 0 Å². The average Bonchev–Trinajstić information content (AvgIpc) is 3.01. The molecule has 1 aliphatic rings. The van der Waals surface area contributed by atoms with E-state index in [0.717, 1.165) is 5.69 Å². The van der Waals surface area contributed by atoms with Crippen LogP contribution in [0.2, 0.25) is 18.1 Å². The number of para-hydroxylation sites is 1. The van der Waals surface area contributed by atoms with Gasteiger partial charge in [0.2, 0.25) is 0 Å². The van der Waals surface area contributed by atoms with Crippen LogP contribution in [0.4, 0.5) is 10.5 Å². The number of anilines is 1. The summed E-state index contributed by atoms with van der Waals surface area (Å²) in [5, 5.41) is 7.51. The van der Waals surface area contributed by atoms with Gasteiger partial charge < -0.3 is 13.9 Å². The van der Waals surface area contributed by atoms with Gasteiger partial charge in [0.15, 0.2) is 25.7 Å². The number of benzene rings is 1. The quantitative estimate of drug-likeness (QED) is 0.682. The number of nitrogens with one attached hydrogen (secondary N) is 1. The second kappa shape index (κ2) is 7.70. The third kappa shape index (κ3) is 4.84. The van der Waals surface area contributed by atoms with Crippen molar-refractivity contribution in [1.82, 2.24) is 14.8 Å². The van der Waals surface area contributed by atoms with Crippen molar-refractivity contribution in [1.29, 1.82) is 0 Å². The zero-order valence-electron chi connectivity index (χ0n) is 19.1. The molecular formula is C21H32N4O4Si. The monoisotopic (exact) mass is 432 g/mol. The summed E-state index contributed by atoms with van der Waals surface area (Å²) in [5.41, 5.74) is 0.663. The molecule has 1 amide bonds. The van der Waals surface area contributed by atoms with Gasteiger partial charge >= 0.3 is 6.09 Å². The van der Waals surface area contributed by atoms with E-state index in [4.69, 9.17) is 13.9 Å². The summed E-state index contributed by atoms with van der Waals surface area (Å²) >= 11 is 0. The molecule has 0 bridgehead atoms. The predicted octanol–water partition coefficient (Wildman–Crippen LogP) is 5.03. The Kier molecular flexibility index (Phi) is 5.72. The minimum Gasteiger partial charge on any atom is -0.481 e. The molecule has 0 aliphatic carbocycles. The van der Waals surface area contributed by atoms with Crippen LogP contribution in [0.5, 0.6) is 5.75 Å². The van der Waals surface area contributed by atoms with Gasteiger partial charge in [0, 0.05) is 0 Å². The molecule has 1 N–H and O–H groups in total. The van der Waals surface area contributed by atoms with Crippen LogP contribution in [0.25, 0.3) is 5.69 Å². The molecule has 0 fully saturated rings. The minimum absolute atomic E-state index is 0.115. The highest BCUT2D eigenvalue weighted by molar-refractivity contribution is 6.74. The molecule has 9 heteroatoms. The maximum absolute atomic E-state index is 12.2. The summed E-state index contributed by atoms with van der Waals surface area (Å²) in [5.74, 6) is 1.86. The number of fused-ring (bicyclic) bond motifs is 3. The molecule has 2 aromatic rings. The number of carbonyl (C=O) groups excluding carboxylic acids is 1. The Morgan fingerprint density at radius 1 is 1.23 bits per heavy atom. The molecule has 1 aromatic carbocycles. The lowest BCUT2D eigenvalue weighted by molar-refractivity contribution is 0.0635. The average molecular weight is 433 g/mol. The van der Waals surface area contributed by atoms with E-state index in [1.807, 2.05) is 32.9 Å². The van der Waals surface area contributed by atoms with Crippen LogP contribution in [-0.2, 0) is 22.4 Å². The molecule has 30 heavy (non-hydrogen) atoms. The van der Waals surface area contributed by atoms with E-state index in [9.17, 15) is 4.79 Å². The van der Waals surface area contributed by atoms with Crippen LogP contribution in [0.1, 0.15) is 53.2 Å². The van der Waals surface area contributed by atoms with Gasteiger partial charge in [-0.1, -0.05) is 26.8 Å². The molecule has 164 valence electrons. The minimum atomic E-state index is -1.90. The normalized spacial score (nSPS) is 13.9. The standard InChI is InChI=1S/C21H32N4O4Si/c1-20(2,3)29-19(26)22-14-10-9-11-15-18(14)27-13-17-23-16(24-25(15)17)12-28-30(7,8)21(4,5)6/h9-11H,12-13H2,1-8H3,(H,22,26). The fourth-order valence-corrected chi connectivity index (χ4v) is 3.62. The predicted molar refractivity (Wildman–Crippen MR) is 118 cm³/mol. The zero-order valence-corrected chi connectivity index (χ0v) is 20.1. The molecule has 8 nitrogen and oxygen atoms in total. The second-order valence-electron chi connectivity index (χ2n) is 9.97. The fourth-order valence-electron chi connectivity index (χ4n) is 2.69. The molecule has 0 atom stereocenters. The number of hydrogen-bond donors (Lipinski definition) is 1. The molecule has 0 saturated carbocycles. The van der Waals surface area contributed by atoms with E-state index in [1.165, 1.54) is 0 Å². The summed E-state index contributed by atoms with van der Waals surface area (Å²) in [6.07, 6.45) is -0.535. The van der Waals surface area contributed by atoms with Crippen molar-refractivity contribution >= 4 is 20.1 Å². The summed E-state index contributed by atoms with van der Waals surface area (Å²) in [7, 11) is -1.90. The van der Waals surface area contributed by atoms with E-state index in [1.54, 1.807) is 10.7 Å². The first-order chi connectivity index (χ1) is 13.8. The molecule has 1 aliphatic heterocycles. The van der Waals surface area contributed by atoms with Crippen LogP contribution in [0.3, 0.4) is 0 Å². The highest BCUT2D eigenvalue weighted by Crippen LogP contribution is 2.38. The summed E-state index contributed by atoms with van der Waals surface area (Å²) in [6, 6.07) is 5.48. The van der Waals surface area contributed by atoms with E-state index in [-0.39, 0.29) is 11.6 Å². The number of amides is 1. The van der Waals surface area contributed by atoms with Gasteiger partial charge in [-0.2, -0.15) is 0 Å². The Morgan fingerprint density at radius 3 is 2.57 bits per heavy atom. The van der Waals surface area contributed by atoms with Crippen molar-refractivity contribution in [3.63, 3.8) is 0 Å². The van der Waals surface area contributed by atoms with Crippen LogP contribution in [-0.4, -0.2) is 34.8 Å². The number of rotatable bonds is 4. The third-order valence-electron chi connectivity index (χ3n) is 5.29. The van der Waals surface area contributed by atoms with Gasteiger partial charge in [0.05, 0.1) is 12.3 Å². The van der Waals surface area contributed by atoms with Gasteiger partial charge in [-0.05, 0) is 51.0 Å². The van der Waals surface area contributed by atoms with Crippen LogP contribution in [0, 0.1) is 0 Å². The largest absolute Gasteiger partial charge is 0.481 e. The highest BCUT2D eigenvalue weighted by atomic mass is 28.4. The van der Waals surface area contributed by atoms with Crippen LogP contribution < -0.4 is 10.1 Å². The molecular weight excluding hydrogens is 400 g/mol. The zero-order chi connectivity index (χ0) is 22.3. The number of aromatic nitrogens is 3. The van der Waals surface area contributed by atoms with Crippen molar-refractivity contribution < 1.29 is 18.7 Å². The van der Waals surface area contributed by atoms with E-state index in [2.05, 4.69) is 49.3 Å². The van der Waals surface area contributed by atoms with Gasteiger partial charge in [-0.3, -0.25) is 5.32 Å². The molecule has 0 spiro atoms. The third-order valence-corrected chi connectivity index (χ3v) is 9.77. The summed E-state index contributed by atoms with van der Waals surface area (Å²) < 4.78 is 19.3. The first-order valence-corrected chi connectivity index (χ1v) is 13.0. The first-order valence-electron chi connectivity index (χ1n) is 10.1. The van der Waals surface area contributed by atoms with Gasteiger partial charge in [-0.25, -0.2) is 14.5 Å². The summed E-state index contributed by atoms with van der Waals surface area (Å²) in [6.45, 7) is 17.1. The smallest absolute Gasteiger partial charge is 0.412 e. The lowest BCUT2D eigenvalue weighted by Crippen LogP contribution is -2.40.